The Bertz CT molecular complexity index is 944. The van der Waals surface area contributed by atoms with E-state index < -0.39 is 9.84 Å². The molecule has 5 nitrogen and oxygen atoms in total. The maximum atomic E-state index is 12.6. The molecule has 138 valence electrons. The molecule has 3 rings (SSSR count). The molecular formula is C19H21ClN2O3S. The SMILES string of the molecule is C[C@@H]1CCc2ccccc2N1CC(=O)Nc1cc(S(C)(=O)=O)ccc1Cl. The van der Waals surface area contributed by atoms with Gasteiger partial charge in [-0.15, -0.1) is 0 Å². The Kier molecular flexibility index (Phi) is 5.25. The van der Waals surface area contributed by atoms with Gasteiger partial charge in [0.2, 0.25) is 5.91 Å². The molecule has 0 aromatic heterocycles. The lowest BCUT2D eigenvalue weighted by molar-refractivity contribution is -0.115. The van der Waals surface area contributed by atoms with Crippen LogP contribution in [0.2, 0.25) is 5.02 Å². The lowest BCUT2D eigenvalue weighted by Gasteiger charge is -2.36. The minimum Gasteiger partial charge on any atom is -0.359 e. The van der Waals surface area contributed by atoms with E-state index in [1.807, 2.05) is 18.2 Å². The number of rotatable bonds is 4. The number of nitrogens with one attached hydrogen (secondary N) is 1. The third kappa shape index (κ3) is 4.02. The molecule has 0 bridgehead atoms. The zero-order valence-corrected chi connectivity index (χ0v) is 16.3. The molecule has 1 aliphatic rings. The molecule has 7 heteroatoms. The van der Waals surface area contributed by atoms with Crippen molar-refractivity contribution >= 4 is 38.7 Å². The van der Waals surface area contributed by atoms with E-state index in [2.05, 4.69) is 23.2 Å². The monoisotopic (exact) mass is 392 g/mol. The van der Waals surface area contributed by atoms with Crippen LogP contribution in [0.1, 0.15) is 18.9 Å². The number of amides is 1. The highest BCUT2D eigenvalue weighted by molar-refractivity contribution is 7.90. The zero-order valence-electron chi connectivity index (χ0n) is 14.7. The van der Waals surface area contributed by atoms with Crippen molar-refractivity contribution in [2.24, 2.45) is 0 Å². The van der Waals surface area contributed by atoms with Crippen LogP contribution in [0, 0.1) is 0 Å². The number of hydrogen-bond donors (Lipinski definition) is 1. The van der Waals surface area contributed by atoms with Crippen molar-refractivity contribution in [3.63, 3.8) is 0 Å². The van der Waals surface area contributed by atoms with Crippen LogP contribution in [0.15, 0.2) is 47.4 Å². The topological polar surface area (TPSA) is 66.5 Å². The van der Waals surface area contributed by atoms with Gasteiger partial charge in [-0.05, 0) is 49.6 Å². The molecule has 1 heterocycles. The van der Waals surface area contributed by atoms with Gasteiger partial charge in [-0.3, -0.25) is 4.79 Å². The fourth-order valence-electron chi connectivity index (χ4n) is 3.18. The summed E-state index contributed by atoms with van der Waals surface area (Å²) in [7, 11) is -3.37. The van der Waals surface area contributed by atoms with Crippen LogP contribution < -0.4 is 10.2 Å². The van der Waals surface area contributed by atoms with E-state index in [4.69, 9.17) is 11.6 Å². The van der Waals surface area contributed by atoms with Gasteiger partial charge in [0.1, 0.15) is 0 Å². The number of carbonyl (C=O) groups is 1. The number of carbonyl (C=O) groups excluding carboxylic acids is 1. The summed E-state index contributed by atoms with van der Waals surface area (Å²) < 4.78 is 23.4. The molecular weight excluding hydrogens is 372 g/mol. The van der Waals surface area contributed by atoms with Crippen LogP contribution in [0.25, 0.3) is 0 Å². The second kappa shape index (κ2) is 7.29. The molecule has 2 aromatic rings. The third-order valence-electron chi connectivity index (χ3n) is 4.62. The molecule has 2 aromatic carbocycles. The van der Waals surface area contributed by atoms with Gasteiger partial charge in [-0.25, -0.2) is 8.42 Å². The van der Waals surface area contributed by atoms with Crippen LogP contribution in [-0.2, 0) is 21.1 Å². The highest BCUT2D eigenvalue weighted by Crippen LogP contribution is 2.30. The van der Waals surface area contributed by atoms with E-state index in [-0.39, 0.29) is 23.4 Å². The number of para-hydroxylation sites is 1. The number of halogens is 1. The predicted molar refractivity (Wildman–Crippen MR) is 105 cm³/mol. The van der Waals surface area contributed by atoms with Crippen molar-refractivity contribution in [2.75, 3.05) is 23.0 Å². The number of sulfone groups is 1. The third-order valence-corrected chi connectivity index (χ3v) is 6.06. The summed E-state index contributed by atoms with van der Waals surface area (Å²) in [6, 6.07) is 12.6. The van der Waals surface area contributed by atoms with Gasteiger partial charge >= 0.3 is 0 Å². The van der Waals surface area contributed by atoms with Crippen LogP contribution in [0.4, 0.5) is 11.4 Å². The summed E-state index contributed by atoms with van der Waals surface area (Å²) in [6.07, 6.45) is 3.10. The van der Waals surface area contributed by atoms with Gasteiger partial charge in [-0.2, -0.15) is 0 Å². The van der Waals surface area contributed by atoms with Crippen molar-refractivity contribution in [3.8, 4) is 0 Å². The summed E-state index contributed by atoms with van der Waals surface area (Å²) in [6.45, 7) is 2.28. The second-order valence-corrected chi connectivity index (χ2v) is 9.03. The highest BCUT2D eigenvalue weighted by atomic mass is 35.5. The lowest BCUT2D eigenvalue weighted by atomic mass is 9.96. The van der Waals surface area contributed by atoms with Crippen LogP contribution in [0.3, 0.4) is 0 Å². The number of hydrogen-bond acceptors (Lipinski definition) is 4. The Hall–Kier alpha value is -2.05. The average molecular weight is 393 g/mol. The van der Waals surface area contributed by atoms with E-state index in [0.717, 1.165) is 24.8 Å². The number of nitrogens with zero attached hydrogens (tertiary/aromatic N) is 1. The maximum Gasteiger partial charge on any atom is 0.243 e. The van der Waals surface area contributed by atoms with E-state index in [9.17, 15) is 13.2 Å². The normalized spacial score (nSPS) is 16.9. The van der Waals surface area contributed by atoms with Crippen LogP contribution in [0.5, 0.6) is 0 Å². The van der Waals surface area contributed by atoms with Crippen molar-refractivity contribution in [3.05, 3.63) is 53.1 Å². The molecule has 0 fully saturated rings. The summed E-state index contributed by atoms with van der Waals surface area (Å²) in [5, 5.41) is 3.05. The van der Waals surface area contributed by atoms with Crippen molar-refractivity contribution in [1.29, 1.82) is 0 Å². The molecule has 0 saturated carbocycles. The molecule has 0 spiro atoms. The van der Waals surface area contributed by atoms with Gasteiger partial charge in [0.05, 0.1) is 22.2 Å². The molecule has 1 N–H and O–H groups in total. The van der Waals surface area contributed by atoms with E-state index >= 15 is 0 Å². The number of fused-ring (bicyclic) bond motifs is 1. The molecule has 0 saturated heterocycles. The molecule has 0 radical (unpaired) electrons. The quantitative estimate of drug-likeness (QED) is 0.864. The lowest BCUT2D eigenvalue weighted by Crippen LogP contribution is -2.42. The molecule has 1 aliphatic heterocycles. The Morgan fingerprint density at radius 2 is 2.00 bits per heavy atom. The summed E-state index contributed by atoms with van der Waals surface area (Å²) in [5.74, 6) is -0.235. The van der Waals surface area contributed by atoms with E-state index in [1.54, 1.807) is 0 Å². The highest BCUT2D eigenvalue weighted by Gasteiger charge is 2.24. The van der Waals surface area contributed by atoms with Crippen molar-refractivity contribution in [1.82, 2.24) is 0 Å². The molecule has 0 unspecified atom stereocenters. The Balaban J connectivity index is 1.80. The van der Waals surface area contributed by atoms with Gasteiger partial charge in [-0.1, -0.05) is 29.8 Å². The first-order valence-corrected chi connectivity index (χ1v) is 10.7. The van der Waals surface area contributed by atoms with Crippen molar-refractivity contribution < 1.29 is 13.2 Å². The Morgan fingerprint density at radius 1 is 1.27 bits per heavy atom. The largest absolute Gasteiger partial charge is 0.359 e. The smallest absolute Gasteiger partial charge is 0.243 e. The fraction of sp³-hybridized carbons (Fsp3) is 0.316. The average Bonchev–Trinajstić information content (AvgIpc) is 2.58. The summed E-state index contributed by atoms with van der Waals surface area (Å²) in [5.41, 5.74) is 2.60. The molecule has 1 atom stereocenters. The van der Waals surface area contributed by atoms with Crippen LogP contribution in [-0.4, -0.2) is 33.2 Å². The van der Waals surface area contributed by atoms with Crippen LogP contribution >= 0.6 is 11.6 Å². The second-order valence-electron chi connectivity index (χ2n) is 6.61. The minimum atomic E-state index is -3.37. The number of benzene rings is 2. The Morgan fingerprint density at radius 3 is 2.73 bits per heavy atom. The Labute approximate surface area is 158 Å². The first-order chi connectivity index (χ1) is 12.3. The minimum absolute atomic E-state index is 0.119. The first kappa shape index (κ1) is 18.7. The van der Waals surface area contributed by atoms with E-state index in [0.29, 0.717) is 10.7 Å². The zero-order chi connectivity index (χ0) is 18.9. The molecule has 1 amide bonds. The first-order valence-electron chi connectivity index (χ1n) is 8.39. The predicted octanol–water partition coefficient (Wildman–Crippen LogP) is 3.52. The van der Waals surface area contributed by atoms with Gasteiger partial charge in [0.25, 0.3) is 0 Å². The number of aryl methyl sites for hydroxylation is 1. The molecule has 26 heavy (non-hydrogen) atoms. The van der Waals surface area contributed by atoms with E-state index in [1.165, 1.54) is 23.8 Å². The standard InChI is InChI=1S/C19H21ClN2O3S/c1-13-7-8-14-5-3-4-6-18(14)22(13)12-19(23)21-17-11-15(26(2,24)25)9-10-16(17)20/h3-6,9-11,13H,7-8,12H2,1-2H3,(H,21,23)/t13-/m1/s1. The summed E-state index contributed by atoms with van der Waals surface area (Å²) >= 11 is 6.12. The van der Waals surface area contributed by atoms with Gasteiger partial charge in [0.15, 0.2) is 9.84 Å². The number of anilines is 2. The molecule has 0 aliphatic carbocycles. The summed E-state index contributed by atoms with van der Waals surface area (Å²) in [4.78, 5) is 14.8. The van der Waals surface area contributed by atoms with Crippen molar-refractivity contribution in [2.45, 2.75) is 30.7 Å². The van der Waals surface area contributed by atoms with Gasteiger partial charge in [0, 0.05) is 18.0 Å². The fourth-order valence-corrected chi connectivity index (χ4v) is 3.99. The van der Waals surface area contributed by atoms with Gasteiger partial charge < -0.3 is 10.2 Å². The maximum absolute atomic E-state index is 12.6.